The molecule has 0 bridgehead atoms. The molecule has 0 amide bonds. The fourth-order valence-corrected chi connectivity index (χ4v) is 4.80. The maximum absolute atomic E-state index is 12.7. The van der Waals surface area contributed by atoms with Crippen molar-refractivity contribution in [2.45, 2.75) is 30.5 Å². The van der Waals surface area contributed by atoms with Gasteiger partial charge in [0.1, 0.15) is 0 Å². The molecule has 1 atom stereocenters. The van der Waals surface area contributed by atoms with Gasteiger partial charge in [-0.15, -0.1) is 11.3 Å². The molecule has 2 heterocycles. The third-order valence-corrected chi connectivity index (χ3v) is 6.18. The van der Waals surface area contributed by atoms with Gasteiger partial charge in [-0.05, 0) is 18.9 Å². The number of piperidine rings is 1. The number of rotatable bonds is 3. The van der Waals surface area contributed by atoms with E-state index in [1.807, 2.05) is 0 Å². The summed E-state index contributed by atoms with van der Waals surface area (Å²) < 4.78 is 63.6. The molecule has 0 saturated carbocycles. The van der Waals surface area contributed by atoms with Crippen molar-refractivity contribution in [2.24, 2.45) is 5.92 Å². The second-order valence-corrected chi connectivity index (χ2v) is 7.58. The van der Waals surface area contributed by atoms with E-state index in [0.29, 0.717) is 4.88 Å². The van der Waals surface area contributed by atoms with Gasteiger partial charge in [-0.1, -0.05) is 0 Å². The quantitative estimate of drug-likeness (QED) is 0.925. The first kappa shape index (κ1) is 15.7. The number of thiophene rings is 1. The molecule has 1 aliphatic rings. The monoisotopic (exact) mass is 329 g/mol. The maximum Gasteiger partial charge on any atom is 0.393 e. The van der Waals surface area contributed by atoms with E-state index in [1.165, 1.54) is 11.4 Å². The predicted molar refractivity (Wildman–Crippen MR) is 67.8 cm³/mol. The summed E-state index contributed by atoms with van der Waals surface area (Å²) in [5, 5.41) is 10.3. The van der Waals surface area contributed by atoms with Crippen LogP contribution in [0.1, 0.15) is 17.7 Å². The van der Waals surface area contributed by atoms with Gasteiger partial charge in [0, 0.05) is 23.3 Å². The molecule has 1 aliphatic heterocycles. The molecule has 1 N–H and O–H groups in total. The molecule has 4 nitrogen and oxygen atoms in total. The topological polar surface area (TPSA) is 57.6 Å². The van der Waals surface area contributed by atoms with Gasteiger partial charge in [-0.25, -0.2) is 8.42 Å². The first-order valence-corrected chi connectivity index (χ1v) is 8.32. The number of nitrogens with zero attached hydrogens (tertiary/aromatic N) is 1. The molecule has 0 spiro atoms. The fourth-order valence-electron chi connectivity index (χ4n) is 2.16. The van der Waals surface area contributed by atoms with Crippen LogP contribution in [0, 0.1) is 5.92 Å². The number of aliphatic hydroxyl groups is 1. The van der Waals surface area contributed by atoms with Crippen LogP contribution in [0.2, 0.25) is 0 Å². The third kappa shape index (κ3) is 3.16. The summed E-state index contributed by atoms with van der Waals surface area (Å²) >= 11 is 1.07. The summed E-state index contributed by atoms with van der Waals surface area (Å²) in [5.74, 6) is -1.61. The average Bonchev–Trinajstić information content (AvgIpc) is 2.87. The van der Waals surface area contributed by atoms with Gasteiger partial charge in [0.2, 0.25) is 10.0 Å². The van der Waals surface area contributed by atoms with Gasteiger partial charge in [0.05, 0.1) is 17.4 Å². The highest BCUT2D eigenvalue weighted by atomic mass is 32.2. The molecule has 0 aromatic carbocycles. The Hall–Kier alpha value is -0.640. The molecule has 1 fully saturated rings. The molecule has 1 saturated heterocycles. The molecule has 114 valence electrons. The molecule has 20 heavy (non-hydrogen) atoms. The Kier molecular flexibility index (Phi) is 4.43. The van der Waals surface area contributed by atoms with Crippen LogP contribution in [0.3, 0.4) is 0 Å². The van der Waals surface area contributed by atoms with Crippen molar-refractivity contribution in [2.75, 3.05) is 13.1 Å². The summed E-state index contributed by atoms with van der Waals surface area (Å²) in [5.41, 5.74) is 0. The first-order valence-electron chi connectivity index (χ1n) is 6.00. The van der Waals surface area contributed by atoms with Crippen molar-refractivity contribution in [1.82, 2.24) is 4.31 Å². The van der Waals surface area contributed by atoms with Crippen LogP contribution in [0.4, 0.5) is 13.2 Å². The van der Waals surface area contributed by atoms with Crippen LogP contribution in [-0.4, -0.2) is 37.1 Å². The SMILES string of the molecule is O=S(=O)(c1csc(CO)c1)N1CCCC(C(F)(F)F)C1. The summed E-state index contributed by atoms with van der Waals surface area (Å²) in [6.07, 6.45) is -4.22. The maximum atomic E-state index is 12.7. The van der Waals surface area contributed by atoms with Crippen LogP contribution in [0.25, 0.3) is 0 Å². The summed E-state index contributed by atoms with van der Waals surface area (Å²) in [6, 6.07) is 1.30. The van der Waals surface area contributed by atoms with Crippen LogP contribution in [0.5, 0.6) is 0 Å². The highest BCUT2D eigenvalue weighted by molar-refractivity contribution is 7.89. The van der Waals surface area contributed by atoms with Gasteiger partial charge in [-0.2, -0.15) is 17.5 Å². The van der Waals surface area contributed by atoms with E-state index in [4.69, 9.17) is 5.11 Å². The number of sulfonamides is 1. The van der Waals surface area contributed by atoms with Gasteiger partial charge in [0.15, 0.2) is 0 Å². The minimum atomic E-state index is -4.38. The third-order valence-electron chi connectivity index (χ3n) is 3.27. The molecule has 0 aliphatic carbocycles. The Balaban J connectivity index is 2.21. The number of hydrogen-bond acceptors (Lipinski definition) is 4. The van der Waals surface area contributed by atoms with Crippen LogP contribution in [0.15, 0.2) is 16.3 Å². The summed E-state index contributed by atoms with van der Waals surface area (Å²) in [6.45, 7) is -0.722. The first-order chi connectivity index (χ1) is 9.25. The Morgan fingerprint density at radius 3 is 2.70 bits per heavy atom. The van der Waals surface area contributed by atoms with E-state index in [-0.39, 0.29) is 30.9 Å². The van der Waals surface area contributed by atoms with Crippen molar-refractivity contribution in [1.29, 1.82) is 0 Å². The van der Waals surface area contributed by atoms with Crippen molar-refractivity contribution in [3.8, 4) is 0 Å². The summed E-state index contributed by atoms with van der Waals surface area (Å²) in [7, 11) is -3.91. The lowest BCUT2D eigenvalue weighted by Crippen LogP contribution is -2.44. The van der Waals surface area contributed by atoms with E-state index in [1.54, 1.807) is 0 Å². The van der Waals surface area contributed by atoms with E-state index >= 15 is 0 Å². The number of halogens is 3. The standard InChI is InChI=1S/C11H14F3NO3S2/c12-11(13,14)8-2-1-3-15(5-8)20(17,18)10-4-9(6-16)19-7-10/h4,7-8,16H,1-3,5-6H2. The normalized spacial score (nSPS) is 22.1. The van der Waals surface area contributed by atoms with Crippen molar-refractivity contribution in [3.05, 3.63) is 16.3 Å². The van der Waals surface area contributed by atoms with E-state index < -0.39 is 28.7 Å². The molecular weight excluding hydrogens is 315 g/mol. The van der Waals surface area contributed by atoms with Crippen LogP contribution < -0.4 is 0 Å². The molecule has 9 heteroatoms. The Labute approximate surface area is 118 Å². The lowest BCUT2D eigenvalue weighted by atomic mass is 9.99. The van der Waals surface area contributed by atoms with Gasteiger partial charge in [-0.3, -0.25) is 0 Å². The molecule has 2 rings (SSSR count). The molecule has 0 radical (unpaired) electrons. The Bertz CT molecular complexity index is 568. The van der Waals surface area contributed by atoms with Crippen molar-refractivity contribution in [3.63, 3.8) is 0 Å². The minimum Gasteiger partial charge on any atom is -0.391 e. The highest BCUT2D eigenvalue weighted by Crippen LogP contribution is 2.35. The summed E-state index contributed by atoms with van der Waals surface area (Å²) in [4.78, 5) is 0.419. The number of alkyl halides is 3. The molecule has 1 unspecified atom stereocenters. The molecule has 1 aromatic heterocycles. The van der Waals surface area contributed by atoms with Gasteiger partial charge in [0.25, 0.3) is 0 Å². The lowest BCUT2D eigenvalue weighted by Gasteiger charge is -2.32. The lowest BCUT2D eigenvalue weighted by molar-refractivity contribution is -0.182. The van der Waals surface area contributed by atoms with E-state index in [0.717, 1.165) is 15.6 Å². The zero-order valence-electron chi connectivity index (χ0n) is 10.4. The number of hydrogen-bond donors (Lipinski definition) is 1. The predicted octanol–water partition coefficient (Wildman–Crippen LogP) is 2.20. The smallest absolute Gasteiger partial charge is 0.391 e. The van der Waals surface area contributed by atoms with E-state index in [9.17, 15) is 21.6 Å². The highest BCUT2D eigenvalue weighted by Gasteiger charge is 2.44. The molecular formula is C11H14F3NO3S2. The van der Waals surface area contributed by atoms with Crippen LogP contribution >= 0.6 is 11.3 Å². The fraction of sp³-hybridized carbons (Fsp3) is 0.636. The van der Waals surface area contributed by atoms with Crippen molar-refractivity contribution < 1.29 is 26.7 Å². The zero-order chi connectivity index (χ0) is 15.0. The van der Waals surface area contributed by atoms with Crippen LogP contribution in [-0.2, 0) is 16.6 Å². The second-order valence-electron chi connectivity index (χ2n) is 4.65. The largest absolute Gasteiger partial charge is 0.393 e. The van der Waals surface area contributed by atoms with E-state index in [2.05, 4.69) is 0 Å². The minimum absolute atomic E-state index is 0.0406. The Morgan fingerprint density at radius 1 is 1.45 bits per heavy atom. The number of aliphatic hydroxyl groups excluding tert-OH is 1. The average molecular weight is 329 g/mol. The molecule has 1 aromatic rings. The second kappa shape index (κ2) is 5.63. The van der Waals surface area contributed by atoms with Crippen molar-refractivity contribution >= 4 is 21.4 Å². The van der Waals surface area contributed by atoms with Gasteiger partial charge < -0.3 is 5.11 Å². The van der Waals surface area contributed by atoms with Gasteiger partial charge >= 0.3 is 6.18 Å². The zero-order valence-corrected chi connectivity index (χ0v) is 12.1. The Morgan fingerprint density at radius 2 is 2.15 bits per heavy atom.